The SMILES string of the molecule is CC(=O)/C(N=Nc1ccccc1O)=C(/C)O. The maximum Gasteiger partial charge on any atom is 0.183 e. The normalized spacial score (nSPS) is 12.6. The first-order chi connectivity index (χ1) is 7.52. The number of rotatable bonds is 3. The van der Waals surface area contributed by atoms with Crippen molar-refractivity contribution >= 4 is 11.5 Å². The summed E-state index contributed by atoms with van der Waals surface area (Å²) < 4.78 is 0. The molecule has 0 saturated carbocycles. The van der Waals surface area contributed by atoms with Crippen LogP contribution in [0.5, 0.6) is 5.75 Å². The Balaban J connectivity index is 3.02. The minimum Gasteiger partial charge on any atom is -0.510 e. The highest BCUT2D eigenvalue weighted by atomic mass is 16.3. The predicted molar refractivity (Wildman–Crippen MR) is 58.6 cm³/mol. The molecule has 0 fully saturated rings. The predicted octanol–water partition coefficient (Wildman–Crippen LogP) is 2.85. The third kappa shape index (κ3) is 2.91. The molecule has 1 rings (SSSR count). The van der Waals surface area contributed by atoms with Crippen LogP contribution in [0.1, 0.15) is 13.8 Å². The van der Waals surface area contributed by atoms with Crippen molar-refractivity contribution in [2.24, 2.45) is 10.2 Å². The van der Waals surface area contributed by atoms with Gasteiger partial charge in [-0.3, -0.25) is 4.79 Å². The van der Waals surface area contributed by atoms with Gasteiger partial charge >= 0.3 is 0 Å². The number of benzene rings is 1. The number of carbonyl (C=O) groups excluding carboxylic acids is 1. The Morgan fingerprint density at radius 2 is 1.88 bits per heavy atom. The van der Waals surface area contributed by atoms with Gasteiger partial charge in [0.1, 0.15) is 17.2 Å². The molecule has 5 nitrogen and oxygen atoms in total. The fourth-order valence-electron chi connectivity index (χ4n) is 1.05. The molecule has 0 heterocycles. The monoisotopic (exact) mass is 220 g/mol. The molecule has 0 radical (unpaired) electrons. The first kappa shape index (κ1) is 11.9. The molecule has 5 heteroatoms. The van der Waals surface area contributed by atoms with Crippen LogP contribution in [0.4, 0.5) is 5.69 Å². The molecule has 1 aromatic carbocycles. The zero-order chi connectivity index (χ0) is 12.1. The lowest BCUT2D eigenvalue weighted by Gasteiger charge is -1.98. The van der Waals surface area contributed by atoms with Gasteiger partial charge in [-0.05, 0) is 19.1 Å². The Labute approximate surface area is 92.8 Å². The van der Waals surface area contributed by atoms with Crippen LogP contribution < -0.4 is 0 Å². The highest BCUT2D eigenvalue weighted by Gasteiger charge is 2.07. The van der Waals surface area contributed by atoms with Gasteiger partial charge in [0.2, 0.25) is 0 Å². The van der Waals surface area contributed by atoms with Crippen LogP contribution in [0.15, 0.2) is 46.0 Å². The maximum atomic E-state index is 11.1. The van der Waals surface area contributed by atoms with Crippen molar-refractivity contribution in [3.8, 4) is 5.75 Å². The Bertz CT molecular complexity index is 460. The molecule has 0 atom stereocenters. The van der Waals surface area contributed by atoms with E-state index in [0.29, 0.717) is 0 Å². The Morgan fingerprint density at radius 3 is 2.38 bits per heavy atom. The number of allylic oxidation sites excluding steroid dienone is 2. The second-order valence-electron chi connectivity index (χ2n) is 3.18. The number of hydrogen-bond donors (Lipinski definition) is 2. The topological polar surface area (TPSA) is 82.2 Å². The van der Waals surface area contributed by atoms with Crippen LogP contribution >= 0.6 is 0 Å². The van der Waals surface area contributed by atoms with E-state index >= 15 is 0 Å². The minimum absolute atomic E-state index is 0.0373. The molecule has 0 bridgehead atoms. The lowest BCUT2D eigenvalue weighted by Crippen LogP contribution is -1.96. The summed E-state index contributed by atoms with van der Waals surface area (Å²) in [5, 5.41) is 25.8. The van der Waals surface area contributed by atoms with Gasteiger partial charge in [-0.15, -0.1) is 10.2 Å². The van der Waals surface area contributed by atoms with Gasteiger partial charge in [-0.2, -0.15) is 0 Å². The average molecular weight is 220 g/mol. The smallest absolute Gasteiger partial charge is 0.183 e. The highest BCUT2D eigenvalue weighted by molar-refractivity contribution is 5.93. The van der Waals surface area contributed by atoms with Crippen molar-refractivity contribution in [1.29, 1.82) is 0 Å². The third-order valence-electron chi connectivity index (χ3n) is 1.82. The van der Waals surface area contributed by atoms with Crippen molar-refractivity contribution < 1.29 is 15.0 Å². The Morgan fingerprint density at radius 1 is 1.25 bits per heavy atom. The highest BCUT2D eigenvalue weighted by Crippen LogP contribution is 2.26. The van der Waals surface area contributed by atoms with E-state index in [-0.39, 0.29) is 28.7 Å². The van der Waals surface area contributed by atoms with Gasteiger partial charge in [0.05, 0.1) is 0 Å². The Kier molecular flexibility index (Phi) is 3.77. The molecular formula is C11H12N2O3. The summed E-state index contributed by atoms with van der Waals surface area (Å²) in [6.07, 6.45) is 0. The summed E-state index contributed by atoms with van der Waals surface area (Å²) in [5.74, 6) is -0.629. The number of nitrogens with zero attached hydrogens (tertiary/aromatic N) is 2. The van der Waals surface area contributed by atoms with Crippen LogP contribution in [0.3, 0.4) is 0 Å². The van der Waals surface area contributed by atoms with Gasteiger partial charge in [0.15, 0.2) is 11.5 Å². The molecule has 0 unspecified atom stereocenters. The molecule has 16 heavy (non-hydrogen) atoms. The summed E-state index contributed by atoms with van der Waals surface area (Å²) in [7, 11) is 0. The van der Waals surface area contributed by atoms with Gasteiger partial charge in [0.25, 0.3) is 0 Å². The number of carbonyl (C=O) groups is 1. The molecule has 84 valence electrons. The van der Waals surface area contributed by atoms with E-state index in [1.807, 2.05) is 0 Å². The summed E-state index contributed by atoms with van der Waals surface area (Å²) in [4.78, 5) is 11.1. The fourth-order valence-corrected chi connectivity index (χ4v) is 1.05. The number of aliphatic hydroxyl groups excluding tert-OH is 1. The van der Waals surface area contributed by atoms with Gasteiger partial charge in [-0.25, -0.2) is 0 Å². The van der Waals surface area contributed by atoms with E-state index in [1.54, 1.807) is 18.2 Å². The van der Waals surface area contributed by atoms with Crippen molar-refractivity contribution in [3.05, 3.63) is 35.7 Å². The lowest BCUT2D eigenvalue weighted by molar-refractivity contribution is -0.113. The number of aromatic hydroxyl groups is 1. The molecule has 0 aliphatic rings. The molecule has 0 amide bonds. The van der Waals surface area contributed by atoms with Gasteiger partial charge in [-0.1, -0.05) is 12.1 Å². The Hall–Kier alpha value is -2.17. The first-order valence-corrected chi connectivity index (χ1v) is 4.63. The summed E-state index contributed by atoms with van der Waals surface area (Å²) in [6, 6.07) is 6.32. The molecule has 1 aromatic rings. The van der Waals surface area contributed by atoms with E-state index in [1.165, 1.54) is 19.9 Å². The fraction of sp³-hybridized carbons (Fsp3) is 0.182. The number of phenolic OH excluding ortho intramolecular Hbond substituents is 1. The van der Waals surface area contributed by atoms with Crippen LogP contribution in [0.25, 0.3) is 0 Å². The van der Waals surface area contributed by atoms with E-state index in [2.05, 4.69) is 10.2 Å². The standard InChI is InChI=1S/C11H12N2O3/c1-7(14)11(8(2)15)13-12-9-5-3-4-6-10(9)16/h3-6,14,16H,1-2H3/b11-7+,13-12?. The van der Waals surface area contributed by atoms with Crippen molar-refractivity contribution in [2.75, 3.05) is 0 Å². The van der Waals surface area contributed by atoms with Gasteiger partial charge < -0.3 is 10.2 Å². The van der Waals surface area contributed by atoms with Crippen molar-refractivity contribution in [3.63, 3.8) is 0 Å². The van der Waals surface area contributed by atoms with E-state index in [9.17, 15) is 15.0 Å². The quantitative estimate of drug-likeness (QED) is 0.466. The van der Waals surface area contributed by atoms with Crippen LogP contribution in [-0.2, 0) is 4.79 Å². The summed E-state index contributed by atoms with van der Waals surface area (Å²) in [5.41, 5.74) is 0.116. The molecular weight excluding hydrogens is 208 g/mol. The summed E-state index contributed by atoms with van der Waals surface area (Å²) in [6.45, 7) is 2.62. The van der Waals surface area contributed by atoms with Gasteiger partial charge in [0, 0.05) is 6.92 Å². The maximum absolute atomic E-state index is 11.1. The van der Waals surface area contributed by atoms with Crippen LogP contribution in [-0.4, -0.2) is 16.0 Å². The lowest BCUT2D eigenvalue weighted by atomic mass is 10.3. The number of para-hydroxylation sites is 1. The van der Waals surface area contributed by atoms with Crippen LogP contribution in [0.2, 0.25) is 0 Å². The minimum atomic E-state index is -0.390. The number of phenols is 1. The number of Topliss-reactive ketones (excluding diaryl/α,β-unsaturated/α-hetero) is 1. The molecule has 0 spiro atoms. The number of aliphatic hydroxyl groups is 1. The number of ketones is 1. The van der Waals surface area contributed by atoms with Crippen molar-refractivity contribution in [2.45, 2.75) is 13.8 Å². The largest absolute Gasteiger partial charge is 0.510 e. The molecule has 2 N–H and O–H groups in total. The van der Waals surface area contributed by atoms with E-state index in [0.717, 1.165) is 0 Å². The molecule has 0 aromatic heterocycles. The number of azo groups is 1. The van der Waals surface area contributed by atoms with Crippen LogP contribution in [0, 0.1) is 0 Å². The number of hydrogen-bond acceptors (Lipinski definition) is 5. The van der Waals surface area contributed by atoms with E-state index in [4.69, 9.17) is 0 Å². The second kappa shape index (κ2) is 5.06. The average Bonchev–Trinajstić information content (AvgIpc) is 2.20. The van der Waals surface area contributed by atoms with Crippen molar-refractivity contribution in [1.82, 2.24) is 0 Å². The molecule has 0 aliphatic heterocycles. The zero-order valence-electron chi connectivity index (χ0n) is 9.01. The summed E-state index contributed by atoms with van der Waals surface area (Å²) >= 11 is 0. The second-order valence-corrected chi connectivity index (χ2v) is 3.18. The third-order valence-corrected chi connectivity index (χ3v) is 1.82. The van der Waals surface area contributed by atoms with E-state index < -0.39 is 0 Å². The molecule has 0 saturated heterocycles. The molecule has 0 aliphatic carbocycles. The first-order valence-electron chi connectivity index (χ1n) is 4.63. The zero-order valence-corrected chi connectivity index (χ0v) is 9.01.